The Labute approximate surface area is 146 Å². The number of hydrogen-bond acceptors (Lipinski definition) is 4. The Morgan fingerprint density at radius 3 is 2.70 bits per heavy atom. The van der Waals surface area contributed by atoms with Crippen LogP contribution in [0.15, 0.2) is 0 Å². The summed E-state index contributed by atoms with van der Waals surface area (Å²) in [5.41, 5.74) is 0. The van der Waals surface area contributed by atoms with Crippen molar-refractivity contribution in [3.05, 3.63) is 0 Å². The molecule has 2 saturated heterocycles. The molecular weight excluding hydrogens is 338 g/mol. The first-order valence-corrected chi connectivity index (χ1v) is 10.1. The molecule has 0 radical (unpaired) electrons. The minimum absolute atomic E-state index is 0. The van der Waals surface area contributed by atoms with Crippen molar-refractivity contribution in [3.63, 3.8) is 0 Å². The molecule has 8 heteroatoms. The van der Waals surface area contributed by atoms with E-state index in [-0.39, 0.29) is 24.1 Å². The van der Waals surface area contributed by atoms with Crippen molar-refractivity contribution >= 4 is 28.3 Å². The number of carbonyl (C=O) groups excluding carboxylic acids is 1. The molecule has 0 aromatic rings. The van der Waals surface area contributed by atoms with Gasteiger partial charge in [0.25, 0.3) is 0 Å². The van der Waals surface area contributed by atoms with E-state index in [2.05, 4.69) is 10.6 Å². The molecule has 6 nitrogen and oxygen atoms in total. The Balaban J connectivity index is 0.00000264. The van der Waals surface area contributed by atoms with E-state index in [9.17, 15) is 13.2 Å². The molecule has 136 valence electrons. The highest BCUT2D eigenvalue weighted by Crippen LogP contribution is 2.21. The molecule has 23 heavy (non-hydrogen) atoms. The Morgan fingerprint density at radius 1 is 1.26 bits per heavy atom. The maximum Gasteiger partial charge on any atom is 0.238 e. The standard InChI is InChI=1S/C15H29N3O3S.ClH/c1-2-10-22(20,21)18-9-4-3-7-14(18)15(19)17-12-13-6-5-8-16-11-13;/h13-14,16H,2-12H2,1H3,(H,17,19);1H. The molecule has 0 aromatic carbocycles. The smallest absolute Gasteiger partial charge is 0.238 e. The molecule has 2 N–H and O–H groups in total. The van der Waals surface area contributed by atoms with Gasteiger partial charge in [-0.15, -0.1) is 12.4 Å². The van der Waals surface area contributed by atoms with Crippen molar-refractivity contribution in [1.82, 2.24) is 14.9 Å². The third kappa shape index (κ3) is 5.89. The zero-order valence-electron chi connectivity index (χ0n) is 13.9. The minimum Gasteiger partial charge on any atom is -0.354 e. The predicted molar refractivity (Wildman–Crippen MR) is 94.3 cm³/mol. The molecule has 0 bridgehead atoms. The Bertz CT molecular complexity index is 467. The fraction of sp³-hybridized carbons (Fsp3) is 0.933. The molecule has 0 saturated carbocycles. The molecule has 2 unspecified atom stereocenters. The third-order valence-corrected chi connectivity index (χ3v) is 6.62. The van der Waals surface area contributed by atoms with Gasteiger partial charge in [-0.2, -0.15) is 4.31 Å². The second kappa shape index (κ2) is 9.81. The molecule has 0 aromatic heterocycles. The lowest BCUT2D eigenvalue weighted by atomic mass is 9.99. The van der Waals surface area contributed by atoms with Crippen molar-refractivity contribution in [2.75, 3.05) is 31.9 Å². The molecule has 2 heterocycles. The lowest BCUT2D eigenvalue weighted by Gasteiger charge is -2.34. The average molecular weight is 368 g/mol. The van der Waals surface area contributed by atoms with Gasteiger partial charge in [-0.25, -0.2) is 8.42 Å². The van der Waals surface area contributed by atoms with E-state index >= 15 is 0 Å². The quantitative estimate of drug-likeness (QED) is 0.737. The zero-order valence-corrected chi connectivity index (χ0v) is 15.6. The molecule has 1 amide bonds. The van der Waals surface area contributed by atoms with Gasteiger partial charge in [0.05, 0.1) is 5.75 Å². The van der Waals surface area contributed by atoms with Gasteiger partial charge in [0.2, 0.25) is 15.9 Å². The highest BCUT2D eigenvalue weighted by molar-refractivity contribution is 7.89. The predicted octanol–water partition coefficient (Wildman–Crippen LogP) is 1.12. The lowest BCUT2D eigenvalue weighted by Crippen LogP contribution is -2.53. The summed E-state index contributed by atoms with van der Waals surface area (Å²) in [6.07, 6.45) is 5.25. The average Bonchev–Trinajstić information content (AvgIpc) is 2.53. The van der Waals surface area contributed by atoms with Crippen LogP contribution >= 0.6 is 12.4 Å². The second-order valence-corrected chi connectivity index (χ2v) is 8.44. The van der Waals surface area contributed by atoms with Crippen molar-refractivity contribution < 1.29 is 13.2 Å². The van der Waals surface area contributed by atoms with Crippen LogP contribution in [0.5, 0.6) is 0 Å². The number of carbonyl (C=O) groups is 1. The first kappa shape index (κ1) is 20.7. The maximum absolute atomic E-state index is 12.5. The Hall–Kier alpha value is -0.370. The van der Waals surface area contributed by atoms with Crippen molar-refractivity contribution in [3.8, 4) is 0 Å². The van der Waals surface area contributed by atoms with Gasteiger partial charge in [-0.3, -0.25) is 4.79 Å². The number of piperidine rings is 2. The summed E-state index contributed by atoms with van der Waals surface area (Å²) in [6.45, 7) is 4.96. The van der Waals surface area contributed by atoms with Crippen LogP contribution in [0, 0.1) is 5.92 Å². The van der Waals surface area contributed by atoms with E-state index < -0.39 is 16.1 Å². The highest BCUT2D eigenvalue weighted by atomic mass is 35.5. The number of amides is 1. The zero-order chi connectivity index (χ0) is 16.0. The van der Waals surface area contributed by atoms with Crippen LogP contribution in [0.1, 0.15) is 45.4 Å². The molecule has 0 aliphatic carbocycles. The molecule has 2 aliphatic rings. The number of halogens is 1. The topological polar surface area (TPSA) is 78.5 Å². The van der Waals surface area contributed by atoms with Gasteiger partial charge in [-0.1, -0.05) is 13.3 Å². The van der Waals surface area contributed by atoms with E-state index in [0.29, 0.717) is 31.8 Å². The van der Waals surface area contributed by atoms with Crippen LogP contribution in [-0.4, -0.2) is 56.6 Å². The first-order chi connectivity index (χ1) is 10.5. The summed E-state index contributed by atoms with van der Waals surface area (Å²) in [5.74, 6) is 0.468. The van der Waals surface area contributed by atoms with Crippen molar-refractivity contribution in [1.29, 1.82) is 0 Å². The summed E-state index contributed by atoms with van der Waals surface area (Å²) in [6, 6.07) is -0.512. The van der Waals surface area contributed by atoms with Crippen LogP contribution in [-0.2, 0) is 14.8 Å². The number of rotatable bonds is 6. The van der Waals surface area contributed by atoms with Crippen LogP contribution in [0.4, 0.5) is 0 Å². The summed E-state index contributed by atoms with van der Waals surface area (Å²) in [4.78, 5) is 12.5. The fourth-order valence-electron chi connectivity index (χ4n) is 3.34. The van der Waals surface area contributed by atoms with E-state index in [1.54, 1.807) is 0 Å². The normalized spacial score (nSPS) is 26.3. The Kier molecular flexibility index (Phi) is 8.82. The largest absolute Gasteiger partial charge is 0.354 e. The SMILES string of the molecule is CCCS(=O)(=O)N1CCCCC1C(=O)NCC1CCCNC1.Cl. The van der Waals surface area contributed by atoms with Gasteiger partial charge >= 0.3 is 0 Å². The summed E-state index contributed by atoms with van der Waals surface area (Å²) in [7, 11) is -3.31. The molecule has 2 atom stereocenters. The number of hydrogen-bond donors (Lipinski definition) is 2. The van der Waals surface area contributed by atoms with Crippen LogP contribution in [0.2, 0.25) is 0 Å². The van der Waals surface area contributed by atoms with Crippen LogP contribution in [0.25, 0.3) is 0 Å². The number of nitrogens with zero attached hydrogens (tertiary/aromatic N) is 1. The Morgan fingerprint density at radius 2 is 2.04 bits per heavy atom. The van der Waals surface area contributed by atoms with Crippen LogP contribution in [0.3, 0.4) is 0 Å². The van der Waals surface area contributed by atoms with Crippen LogP contribution < -0.4 is 10.6 Å². The minimum atomic E-state index is -3.31. The molecular formula is C15H30ClN3O3S. The third-order valence-electron chi connectivity index (χ3n) is 4.54. The van der Waals surface area contributed by atoms with E-state index in [0.717, 1.165) is 38.8 Å². The highest BCUT2D eigenvalue weighted by Gasteiger charge is 2.36. The van der Waals surface area contributed by atoms with E-state index in [1.165, 1.54) is 4.31 Å². The summed E-state index contributed by atoms with van der Waals surface area (Å²) < 4.78 is 26.1. The van der Waals surface area contributed by atoms with Gasteiger partial charge in [-0.05, 0) is 51.1 Å². The summed E-state index contributed by atoms with van der Waals surface area (Å²) in [5, 5.41) is 6.31. The van der Waals surface area contributed by atoms with Gasteiger partial charge in [0.15, 0.2) is 0 Å². The summed E-state index contributed by atoms with van der Waals surface area (Å²) >= 11 is 0. The van der Waals surface area contributed by atoms with E-state index in [4.69, 9.17) is 0 Å². The molecule has 2 fully saturated rings. The maximum atomic E-state index is 12.5. The first-order valence-electron chi connectivity index (χ1n) is 8.52. The van der Waals surface area contributed by atoms with Crippen molar-refractivity contribution in [2.45, 2.75) is 51.5 Å². The van der Waals surface area contributed by atoms with Crippen molar-refractivity contribution in [2.24, 2.45) is 5.92 Å². The lowest BCUT2D eigenvalue weighted by molar-refractivity contribution is -0.125. The van der Waals surface area contributed by atoms with Gasteiger partial charge in [0.1, 0.15) is 6.04 Å². The van der Waals surface area contributed by atoms with E-state index in [1.807, 2.05) is 6.92 Å². The molecule has 0 spiro atoms. The molecule has 2 rings (SSSR count). The number of sulfonamides is 1. The van der Waals surface area contributed by atoms with Gasteiger partial charge < -0.3 is 10.6 Å². The number of nitrogens with one attached hydrogen (secondary N) is 2. The second-order valence-electron chi connectivity index (χ2n) is 6.40. The molecule has 2 aliphatic heterocycles. The fourth-order valence-corrected chi connectivity index (χ4v) is 5.08. The monoisotopic (exact) mass is 367 g/mol. The van der Waals surface area contributed by atoms with Gasteiger partial charge in [0, 0.05) is 13.1 Å².